The summed E-state index contributed by atoms with van der Waals surface area (Å²) in [6.07, 6.45) is 1.61. The van der Waals surface area contributed by atoms with Crippen LogP contribution in [0.15, 0.2) is 59.2 Å². The fourth-order valence-electron chi connectivity index (χ4n) is 3.07. The van der Waals surface area contributed by atoms with Crippen LogP contribution in [-0.4, -0.2) is 37.3 Å². The van der Waals surface area contributed by atoms with Gasteiger partial charge in [0.15, 0.2) is 16.1 Å². The number of carbonyl (C=O) groups is 2. The van der Waals surface area contributed by atoms with E-state index in [0.717, 1.165) is 11.3 Å². The van der Waals surface area contributed by atoms with E-state index in [1.54, 1.807) is 16.1 Å². The van der Waals surface area contributed by atoms with Crippen LogP contribution in [-0.2, 0) is 11.3 Å². The first-order chi connectivity index (χ1) is 16.4. The molecule has 0 radical (unpaired) electrons. The van der Waals surface area contributed by atoms with Gasteiger partial charge in [0.25, 0.3) is 5.91 Å². The van der Waals surface area contributed by atoms with E-state index < -0.39 is 11.7 Å². The van der Waals surface area contributed by atoms with E-state index in [1.807, 2.05) is 31.2 Å². The molecule has 0 aliphatic carbocycles. The van der Waals surface area contributed by atoms with E-state index in [-0.39, 0.29) is 28.8 Å². The number of aryl methyl sites for hydroxylation is 1. The molecule has 4 aromatic rings. The SMILES string of the molecule is Cc1cccc(-n2c(CNC(=O)c3c(F)cccc3Cl)nnc2SCC(=O)Nc2nccs2)c1. The van der Waals surface area contributed by atoms with Gasteiger partial charge in [-0.15, -0.1) is 21.5 Å². The average molecular weight is 517 g/mol. The van der Waals surface area contributed by atoms with Crippen LogP contribution in [0, 0.1) is 12.7 Å². The van der Waals surface area contributed by atoms with Gasteiger partial charge in [0.05, 0.1) is 22.9 Å². The molecule has 2 heterocycles. The van der Waals surface area contributed by atoms with Crippen molar-refractivity contribution < 1.29 is 14.0 Å². The third-order valence-corrected chi connectivity index (χ3v) is 6.50. The quantitative estimate of drug-likeness (QED) is 0.335. The zero-order valence-electron chi connectivity index (χ0n) is 17.8. The zero-order valence-corrected chi connectivity index (χ0v) is 20.2. The van der Waals surface area contributed by atoms with Crippen LogP contribution < -0.4 is 10.6 Å². The standard InChI is InChI=1S/C22H18ClFN6O2S2/c1-13-4-2-5-14(10-13)30-17(11-26-20(32)19-15(23)6-3-7-16(19)24)28-29-22(30)34-12-18(31)27-21-25-8-9-33-21/h2-10H,11-12H2,1H3,(H,26,32)(H,25,27,31). The minimum Gasteiger partial charge on any atom is -0.345 e. The van der Waals surface area contributed by atoms with Gasteiger partial charge in [0.1, 0.15) is 5.82 Å². The van der Waals surface area contributed by atoms with Crippen molar-refractivity contribution in [3.63, 3.8) is 0 Å². The van der Waals surface area contributed by atoms with Crippen LogP contribution in [0.4, 0.5) is 9.52 Å². The fourth-order valence-corrected chi connectivity index (χ4v) is 4.63. The molecule has 4 rings (SSSR count). The maximum absolute atomic E-state index is 14.1. The van der Waals surface area contributed by atoms with Crippen LogP contribution in [0.1, 0.15) is 21.7 Å². The van der Waals surface area contributed by atoms with Crippen molar-refractivity contribution in [3.05, 3.63) is 81.8 Å². The normalized spacial score (nSPS) is 10.8. The number of carbonyl (C=O) groups excluding carboxylic acids is 2. The second kappa shape index (κ2) is 10.8. The summed E-state index contributed by atoms with van der Waals surface area (Å²) in [6, 6.07) is 11.7. The van der Waals surface area contributed by atoms with Gasteiger partial charge in [-0.25, -0.2) is 9.37 Å². The number of rotatable bonds is 8. The third kappa shape index (κ3) is 5.61. The molecular formula is C22H18ClFN6O2S2. The van der Waals surface area contributed by atoms with E-state index in [0.29, 0.717) is 16.1 Å². The predicted molar refractivity (Wildman–Crippen MR) is 130 cm³/mol. The van der Waals surface area contributed by atoms with Gasteiger partial charge in [-0.3, -0.25) is 14.2 Å². The molecule has 2 aromatic heterocycles. The van der Waals surface area contributed by atoms with Gasteiger partial charge in [-0.05, 0) is 36.8 Å². The van der Waals surface area contributed by atoms with E-state index >= 15 is 0 Å². The minimum absolute atomic E-state index is 0.0140. The highest BCUT2D eigenvalue weighted by Gasteiger charge is 2.20. The van der Waals surface area contributed by atoms with Crippen molar-refractivity contribution in [2.75, 3.05) is 11.1 Å². The van der Waals surface area contributed by atoms with Crippen molar-refractivity contribution in [2.45, 2.75) is 18.6 Å². The Labute approximate surface area is 207 Å². The number of thioether (sulfide) groups is 1. The van der Waals surface area contributed by atoms with Crippen LogP contribution in [0.3, 0.4) is 0 Å². The number of thiazole rings is 1. The lowest BCUT2D eigenvalue weighted by molar-refractivity contribution is -0.113. The Morgan fingerprint density at radius 2 is 2.03 bits per heavy atom. The molecule has 0 spiro atoms. The Kier molecular flexibility index (Phi) is 7.56. The molecule has 0 atom stereocenters. The number of nitrogens with zero attached hydrogens (tertiary/aromatic N) is 4. The number of nitrogens with one attached hydrogen (secondary N) is 2. The summed E-state index contributed by atoms with van der Waals surface area (Å²) in [5, 5.41) is 16.5. The molecule has 0 aliphatic rings. The number of aromatic nitrogens is 4. The molecule has 0 fully saturated rings. The minimum atomic E-state index is -0.715. The van der Waals surface area contributed by atoms with Crippen LogP contribution in [0.2, 0.25) is 5.02 Å². The number of halogens is 2. The topological polar surface area (TPSA) is 102 Å². The van der Waals surface area contributed by atoms with Crippen molar-refractivity contribution in [1.82, 2.24) is 25.1 Å². The average Bonchev–Trinajstić information content (AvgIpc) is 3.46. The largest absolute Gasteiger partial charge is 0.345 e. The van der Waals surface area contributed by atoms with Gasteiger partial charge in [-0.1, -0.05) is 41.6 Å². The summed E-state index contributed by atoms with van der Waals surface area (Å²) in [6.45, 7) is 1.92. The molecule has 12 heteroatoms. The Balaban J connectivity index is 1.54. The van der Waals surface area contributed by atoms with Crippen LogP contribution in [0.5, 0.6) is 0 Å². The molecule has 0 saturated heterocycles. The first kappa shape index (κ1) is 23.9. The summed E-state index contributed by atoms with van der Waals surface area (Å²) < 4.78 is 15.9. The Bertz CT molecular complexity index is 1310. The van der Waals surface area contributed by atoms with Crippen LogP contribution in [0.25, 0.3) is 5.69 Å². The summed E-state index contributed by atoms with van der Waals surface area (Å²) in [7, 11) is 0. The first-order valence-electron chi connectivity index (χ1n) is 9.98. The van der Waals surface area contributed by atoms with E-state index in [1.165, 1.54) is 41.3 Å². The number of benzene rings is 2. The second-order valence-electron chi connectivity index (χ2n) is 7.03. The van der Waals surface area contributed by atoms with Gasteiger partial charge < -0.3 is 10.6 Å². The first-order valence-corrected chi connectivity index (χ1v) is 12.2. The number of hydrogen-bond donors (Lipinski definition) is 2. The Hall–Kier alpha value is -3.28. The van der Waals surface area contributed by atoms with Gasteiger partial charge in [0.2, 0.25) is 5.91 Å². The molecule has 2 N–H and O–H groups in total. The molecule has 174 valence electrons. The summed E-state index contributed by atoms with van der Waals surface area (Å²) in [4.78, 5) is 28.9. The molecule has 0 bridgehead atoms. The molecule has 0 aliphatic heterocycles. The lowest BCUT2D eigenvalue weighted by atomic mass is 10.2. The summed E-state index contributed by atoms with van der Waals surface area (Å²) >= 11 is 8.52. The number of amides is 2. The van der Waals surface area contributed by atoms with E-state index in [9.17, 15) is 14.0 Å². The molecule has 0 unspecified atom stereocenters. The molecule has 2 aromatic carbocycles. The smallest absolute Gasteiger partial charge is 0.256 e. The highest BCUT2D eigenvalue weighted by atomic mass is 35.5. The lowest BCUT2D eigenvalue weighted by Gasteiger charge is -2.12. The summed E-state index contributed by atoms with van der Waals surface area (Å²) in [5.74, 6) is -1.12. The molecule has 8 nitrogen and oxygen atoms in total. The third-order valence-electron chi connectivity index (χ3n) is 4.57. The van der Waals surface area contributed by atoms with Gasteiger partial charge >= 0.3 is 0 Å². The van der Waals surface area contributed by atoms with Crippen molar-refractivity contribution in [1.29, 1.82) is 0 Å². The van der Waals surface area contributed by atoms with Crippen LogP contribution >= 0.6 is 34.7 Å². The number of hydrogen-bond acceptors (Lipinski definition) is 7. The highest BCUT2D eigenvalue weighted by molar-refractivity contribution is 7.99. The van der Waals surface area contributed by atoms with E-state index in [4.69, 9.17) is 11.6 Å². The maximum atomic E-state index is 14.1. The van der Waals surface area contributed by atoms with Crippen molar-refractivity contribution in [3.8, 4) is 5.69 Å². The highest BCUT2D eigenvalue weighted by Crippen LogP contribution is 2.24. The van der Waals surface area contributed by atoms with Gasteiger partial charge in [0, 0.05) is 17.3 Å². The summed E-state index contributed by atoms with van der Waals surface area (Å²) in [5.41, 5.74) is 1.54. The van der Waals surface area contributed by atoms with Crippen molar-refractivity contribution >= 4 is 51.6 Å². The Morgan fingerprint density at radius 3 is 2.76 bits per heavy atom. The second-order valence-corrected chi connectivity index (χ2v) is 9.27. The molecular weight excluding hydrogens is 499 g/mol. The maximum Gasteiger partial charge on any atom is 0.256 e. The molecule has 34 heavy (non-hydrogen) atoms. The predicted octanol–water partition coefficient (Wildman–Crippen LogP) is 4.49. The Morgan fingerprint density at radius 1 is 1.21 bits per heavy atom. The fraction of sp³-hybridized carbons (Fsp3) is 0.136. The van der Waals surface area contributed by atoms with Gasteiger partial charge in [-0.2, -0.15) is 0 Å². The van der Waals surface area contributed by atoms with E-state index in [2.05, 4.69) is 25.8 Å². The lowest BCUT2D eigenvalue weighted by Crippen LogP contribution is -2.26. The number of anilines is 1. The molecule has 0 saturated carbocycles. The van der Waals surface area contributed by atoms with Crippen molar-refractivity contribution in [2.24, 2.45) is 0 Å². The zero-order chi connectivity index (χ0) is 24.1. The monoisotopic (exact) mass is 516 g/mol. The molecule has 2 amide bonds.